The van der Waals surface area contributed by atoms with Crippen molar-refractivity contribution < 1.29 is 0 Å². The van der Waals surface area contributed by atoms with Gasteiger partial charge in [0.05, 0.1) is 0 Å². The second kappa shape index (κ2) is 10.7. The lowest BCUT2D eigenvalue weighted by molar-refractivity contribution is 0.0858. The molecule has 4 rings (SSSR count). The van der Waals surface area contributed by atoms with Gasteiger partial charge in [0.15, 0.2) is 0 Å². The summed E-state index contributed by atoms with van der Waals surface area (Å²) in [4.78, 5) is 5.85. The molecule has 0 radical (unpaired) electrons. The number of hydrogen-bond donors (Lipinski definition) is 2. The summed E-state index contributed by atoms with van der Waals surface area (Å²) >= 11 is 0. The molecule has 0 unspecified atom stereocenters. The molecule has 0 bridgehead atoms. The molecule has 0 spiro atoms. The number of hydrogen-bond acceptors (Lipinski definition) is 2. The number of H-pyrrole nitrogens is 1. The maximum Gasteiger partial charge on any atom is 0.0456 e. The lowest BCUT2D eigenvalue weighted by atomic mass is 9.74. The third-order valence-corrected chi connectivity index (χ3v) is 6.73. The Labute approximate surface area is 193 Å². The maximum atomic E-state index is 3.83. The molecule has 0 atom stereocenters. The molecular formula is C25H35Cl2N3. The van der Waals surface area contributed by atoms with Crippen molar-refractivity contribution in [3.05, 3.63) is 71.4 Å². The monoisotopic (exact) mass is 447 g/mol. The molecule has 0 saturated heterocycles. The zero-order chi connectivity index (χ0) is 19.6. The summed E-state index contributed by atoms with van der Waals surface area (Å²) in [6.45, 7) is 3.21. The molecule has 1 heterocycles. The van der Waals surface area contributed by atoms with Gasteiger partial charge in [0.2, 0.25) is 0 Å². The van der Waals surface area contributed by atoms with Crippen LogP contribution in [0, 0.1) is 6.92 Å². The quantitative estimate of drug-likeness (QED) is 0.496. The highest BCUT2D eigenvalue weighted by molar-refractivity contribution is 5.85. The topological polar surface area (TPSA) is 31.1 Å². The van der Waals surface area contributed by atoms with E-state index in [0.717, 1.165) is 13.0 Å². The zero-order valence-electron chi connectivity index (χ0n) is 18.3. The Morgan fingerprint density at radius 3 is 2.40 bits per heavy atom. The van der Waals surface area contributed by atoms with Crippen LogP contribution in [-0.2, 0) is 12.0 Å². The van der Waals surface area contributed by atoms with E-state index in [9.17, 15) is 0 Å². The van der Waals surface area contributed by atoms with Crippen LogP contribution in [0.4, 0.5) is 0 Å². The van der Waals surface area contributed by atoms with Crippen molar-refractivity contribution in [2.45, 2.75) is 50.6 Å². The van der Waals surface area contributed by atoms with E-state index in [0.29, 0.717) is 6.04 Å². The molecule has 0 aliphatic heterocycles. The van der Waals surface area contributed by atoms with Gasteiger partial charge in [-0.15, -0.1) is 24.8 Å². The Bertz CT molecular complexity index is 913. The van der Waals surface area contributed by atoms with Crippen LogP contribution in [0.1, 0.15) is 42.4 Å². The number of benzene rings is 2. The Kier molecular flexibility index (Phi) is 8.81. The standard InChI is InChI=1S/C25H33N3.2ClH/c1-19-9-10-24-23(17-19)20(18-27-24)13-16-26-22-11-14-25(15-12-22,28(2)3)21-7-5-4-6-8-21;;/h4-10,17-18,22,26-27H,11-16H2,1-3H3;2*1H. The van der Waals surface area contributed by atoms with Gasteiger partial charge in [0.25, 0.3) is 0 Å². The molecule has 1 fully saturated rings. The predicted octanol–water partition coefficient (Wildman–Crippen LogP) is 5.85. The van der Waals surface area contributed by atoms with Crippen molar-refractivity contribution >= 4 is 35.7 Å². The number of nitrogens with one attached hydrogen (secondary N) is 2. The minimum absolute atomic E-state index is 0. The number of aromatic amines is 1. The number of fused-ring (bicyclic) bond motifs is 1. The summed E-state index contributed by atoms with van der Waals surface area (Å²) in [6.07, 6.45) is 8.17. The van der Waals surface area contributed by atoms with Crippen LogP contribution >= 0.6 is 24.8 Å². The van der Waals surface area contributed by atoms with Gasteiger partial charge in [0, 0.05) is 28.7 Å². The van der Waals surface area contributed by atoms with E-state index < -0.39 is 0 Å². The summed E-state index contributed by atoms with van der Waals surface area (Å²) < 4.78 is 0. The van der Waals surface area contributed by atoms with Crippen LogP contribution in [-0.4, -0.2) is 36.6 Å². The van der Waals surface area contributed by atoms with E-state index in [4.69, 9.17) is 0 Å². The average Bonchev–Trinajstić information content (AvgIpc) is 3.11. The average molecular weight is 448 g/mol. The SMILES string of the molecule is Cc1ccc2[nH]cc(CCNC3CCC(c4ccccc4)(N(C)C)CC3)c2c1.Cl.Cl. The van der Waals surface area contributed by atoms with Gasteiger partial charge in [-0.05, 0) is 82.9 Å². The fraction of sp³-hybridized carbons (Fsp3) is 0.440. The Morgan fingerprint density at radius 2 is 1.73 bits per heavy atom. The fourth-order valence-corrected chi connectivity index (χ4v) is 4.95. The van der Waals surface area contributed by atoms with Gasteiger partial charge in [-0.3, -0.25) is 4.90 Å². The largest absolute Gasteiger partial charge is 0.361 e. The van der Waals surface area contributed by atoms with Crippen LogP contribution in [0.2, 0.25) is 0 Å². The summed E-state index contributed by atoms with van der Waals surface area (Å²) in [5, 5.41) is 5.21. The molecule has 1 aliphatic rings. The van der Waals surface area contributed by atoms with Crippen molar-refractivity contribution in [2.24, 2.45) is 0 Å². The highest BCUT2D eigenvalue weighted by atomic mass is 35.5. The van der Waals surface area contributed by atoms with Crippen LogP contribution in [0.25, 0.3) is 10.9 Å². The third-order valence-electron chi connectivity index (χ3n) is 6.73. The molecule has 2 aromatic carbocycles. The van der Waals surface area contributed by atoms with E-state index in [1.54, 1.807) is 0 Å². The first kappa shape index (κ1) is 24.7. The Balaban J connectivity index is 0.00000160. The van der Waals surface area contributed by atoms with Crippen molar-refractivity contribution in [1.82, 2.24) is 15.2 Å². The normalized spacial score (nSPS) is 21.3. The van der Waals surface area contributed by atoms with Crippen molar-refractivity contribution in [1.29, 1.82) is 0 Å². The van der Waals surface area contributed by atoms with Crippen molar-refractivity contribution in [3.63, 3.8) is 0 Å². The molecule has 1 aliphatic carbocycles. The van der Waals surface area contributed by atoms with Crippen LogP contribution in [0.3, 0.4) is 0 Å². The van der Waals surface area contributed by atoms with Crippen LogP contribution < -0.4 is 5.32 Å². The van der Waals surface area contributed by atoms with E-state index in [2.05, 4.69) is 90.9 Å². The Hall–Kier alpha value is -1.52. The first-order valence-corrected chi connectivity index (χ1v) is 10.6. The second-order valence-corrected chi connectivity index (χ2v) is 8.63. The Morgan fingerprint density at radius 1 is 1.03 bits per heavy atom. The molecule has 0 amide bonds. The number of nitrogens with zero attached hydrogens (tertiary/aromatic N) is 1. The van der Waals surface area contributed by atoms with Crippen molar-refractivity contribution in [2.75, 3.05) is 20.6 Å². The van der Waals surface area contributed by atoms with Gasteiger partial charge in [-0.2, -0.15) is 0 Å². The van der Waals surface area contributed by atoms with Gasteiger partial charge >= 0.3 is 0 Å². The van der Waals surface area contributed by atoms with Gasteiger partial charge < -0.3 is 10.3 Å². The predicted molar refractivity (Wildman–Crippen MR) is 133 cm³/mol. The van der Waals surface area contributed by atoms with E-state index in [1.807, 2.05) is 0 Å². The van der Waals surface area contributed by atoms with Crippen LogP contribution in [0.5, 0.6) is 0 Å². The zero-order valence-corrected chi connectivity index (χ0v) is 19.9. The summed E-state index contributed by atoms with van der Waals surface area (Å²) in [5.41, 5.74) is 5.65. The molecule has 1 saturated carbocycles. The molecule has 3 nitrogen and oxygen atoms in total. The minimum Gasteiger partial charge on any atom is -0.361 e. The summed E-state index contributed by atoms with van der Waals surface area (Å²) in [5.74, 6) is 0. The molecule has 3 aromatic rings. The van der Waals surface area contributed by atoms with Gasteiger partial charge in [0.1, 0.15) is 0 Å². The van der Waals surface area contributed by atoms with Gasteiger partial charge in [-0.1, -0.05) is 42.0 Å². The molecule has 30 heavy (non-hydrogen) atoms. The minimum atomic E-state index is 0. The summed E-state index contributed by atoms with van der Waals surface area (Å²) in [6, 6.07) is 18.4. The smallest absolute Gasteiger partial charge is 0.0456 e. The van der Waals surface area contributed by atoms with E-state index in [1.165, 1.54) is 53.3 Å². The maximum absolute atomic E-state index is 3.83. The highest BCUT2D eigenvalue weighted by Crippen LogP contribution is 2.41. The van der Waals surface area contributed by atoms with Crippen molar-refractivity contribution in [3.8, 4) is 0 Å². The second-order valence-electron chi connectivity index (χ2n) is 8.63. The van der Waals surface area contributed by atoms with Gasteiger partial charge in [-0.25, -0.2) is 0 Å². The molecule has 1 aromatic heterocycles. The fourth-order valence-electron chi connectivity index (χ4n) is 4.95. The molecule has 2 N–H and O–H groups in total. The van der Waals surface area contributed by atoms with Crippen LogP contribution in [0.15, 0.2) is 54.7 Å². The molecule has 164 valence electrons. The number of aromatic nitrogens is 1. The number of aryl methyl sites for hydroxylation is 1. The first-order chi connectivity index (χ1) is 13.6. The van der Waals surface area contributed by atoms with E-state index in [-0.39, 0.29) is 30.4 Å². The lowest BCUT2D eigenvalue weighted by Gasteiger charge is -2.45. The number of halogens is 2. The van der Waals surface area contributed by atoms with E-state index >= 15 is 0 Å². The third kappa shape index (κ3) is 5.03. The lowest BCUT2D eigenvalue weighted by Crippen LogP contribution is -2.48. The molecule has 5 heteroatoms. The highest BCUT2D eigenvalue weighted by Gasteiger charge is 2.38. The summed E-state index contributed by atoms with van der Waals surface area (Å²) in [7, 11) is 4.47. The first-order valence-electron chi connectivity index (χ1n) is 10.6. The molecular weight excluding hydrogens is 413 g/mol. The number of rotatable bonds is 6.